The van der Waals surface area contributed by atoms with E-state index < -0.39 is 20.9 Å². The molecule has 0 atom stereocenters. The average Bonchev–Trinajstić information content (AvgIpc) is 2.09. The fourth-order valence-corrected chi connectivity index (χ4v) is 2.87. The van der Waals surface area contributed by atoms with E-state index in [2.05, 4.69) is 6.92 Å². The molecule has 1 radical (unpaired) electrons. The predicted octanol–water partition coefficient (Wildman–Crippen LogP) is 4.55. The van der Waals surface area contributed by atoms with Gasteiger partial charge in [0.1, 0.15) is 0 Å². The molecule has 0 saturated heterocycles. The van der Waals surface area contributed by atoms with Crippen molar-refractivity contribution < 1.29 is 5.73 Å². The molecule has 0 aromatic carbocycles. The molecule has 0 aliphatic heterocycles. The molecule has 0 spiro atoms. The van der Waals surface area contributed by atoms with Crippen LogP contribution in [0.25, 0.3) is 0 Å². The van der Waals surface area contributed by atoms with E-state index in [1.807, 2.05) is 0 Å². The van der Waals surface area contributed by atoms with Crippen molar-refractivity contribution in [2.45, 2.75) is 62.7 Å². The molecular formula is C10H21F2Sn. The van der Waals surface area contributed by atoms with Crippen LogP contribution in [-0.2, 0) is 0 Å². The van der Waals surface area contributed by atoms with Gasteiger partial charge < -0.3 is 0 Å². The second-order valence-electron chi connectivity index (χ2n) is 3.56. The Balaban J connectivity index is 2.84. The van der Waals surface area contributed by atoms with E-state index in [-0.39, 0.29) is 4.44 Å². The molecule has 0 saturated carbocycles. The summed E-state index contributed by atoms with van der Waals surface area (Å²) in [6.07, 6.45) is 9.46. The first-order chi connectivity index (χ1) is 6.27. The first kappa shape index (κ1) is 13.7. The van der Waals surface area contributed by atoms with Gasteiger partial charge in [-0.1, -0.05) is 0 Å². The Labute approximate surface area is 89.4 Å². The molecule has 0 bridgehead atoms. The molecule has 0 fully saturated rings. The van der Waals surface area contributed by atoms with E-state index in [4.69, 9.17) is 0 Å². The van der Waals surface area contributed by atoms with Gasteiger partial charge in [0.15, 0.2) is 0 Å². The number of hydrogen-bond acceptors (Lipinski definition) is 0. The molecule has 0 amide bonds. The maximum atomic E-state index is 11.9. The molecule has 0 nitrogen and oxygen atoms in total. The van der Waals surface area contributed by atoms with Crippen molar-refractivity contribution in [1.29, 1.82) is 0 Å². The molecule has 0 aliphatic rings. The Morgan fingerprint density at radius 1 is 0.769 bits per heavy atom. The van der Waals surface area contributed by atoms with Gasteiger partial charge in [-0.2, -0.15) is 0 Å². The van der Waals surface area contributed by atoms with Crippen LogP contribution in [0, 0.1) is 0 Å². The van der Waals surface area contributed by atoms with E-state index in [0.717, 1.165) is 12.8 Å². The minimum absolute atomic E-state index is 0.289. The molecule has 0 aliphatic carbocycles. The average molecular weight is 298 g/mol. The van der Waals surface area contributed by atoms with Gasteiger partial charge in [-0.15, -0.1) is 0 Å². The fourth-order valence-electron chi connectivity index (χ4n) is 1.39. The van der Waals surface area contributed by atoms with Crippen LogP contribution >= 0.6 is 0 Å². The van der Waals surface area contributed by atoms with Gasteiger partial charge in [0.25, 0.3) is 0 Å². The summed E-state index contributed by atoms with van der Waals surface area (Å²) in [5.74, 6) is 0. The van der Waals surface area contributed by atoms with E-state index in [1.54, 1.807) is 0 Å². The normalized spacial score (nSPS) is 11.1. The molecule has 79 valence electrons. The van der Waals surface area contributed by atoms with Crippen LogP contribution in [0.15, 0.2) is 0 Å². The summed E-state index contributed by atoms with van der Waals surface area (Å²) in [5.41, 5.74) is 0. The second-order valence-corrected chi connectivity index (χ2v) is 6.92. The summed E-state index contributed by atoms with van der Waals surface area (Å²) in [6.45, 7) is 2.20. The molecule has 0 rings (SSSR count). The molecule has 0 N–H and O–H groups in total. The van der Waals surface area contributed by atoms with Crippen molar-refractivity contribution in [2.24, 2.45) is 0 Å². The predicted molar refractivity (Wildman–Crippen MR) is 55.4 cm³/mol. The van der Waals surface area contributed by atoms with E-state index in [1.165, 1.54) is 38.5 Å². The zero-order chi connectivity index (χ0) is 9.94. The minimum atomic E-state index is -3.72. The van der Waals surface area contributed by atoms with Gasteiger partial charge in [-0.3, -0.25) is 0 Å². The summed E-state index contributed by atoms with van der Waals surface area (Å²) >= 11 is -3.72. The van der Waals surface area contributed by atoms with Gasteiger partial charge in [0.2, 0.25) is 0 Å². The van der Waals surface area contributed by atoms with Gasteiger partial charge in [0, 0.05) is 0 Å². The molecular weight excluding hydrogens is 277 g/mol. The number of rotatable bonds is 9. The molecule has 0 unspecified atom stereocenters. The summed E-state index contributed by atoms with van der Waals surface area (Å²) in [6, 6.07) is 0. The monoisotopic (exact) mass is 299 g/mol. The Morgan fingerprint density at radius 3 is 1.69 bits per heavy atom. The van der Waals surface area contributed by atoms with Crippen LogP contribution in [0.3, 0.4) is 0 Å². The van der Waals surface area contributed by atoms with Crippen LogP contribution in [0.4, 0.5) is 5.73 Å². The number of unbranched alkanes of at least 4 members (excludes halogenated alkanes) is 7. The molecule has 3 heteroatoms. The molecule has 0 heterocycles. The Kier molecular flexibility index (Phi) is 11.3. The van der Waals surface area contributed by atoms with E-state index >= 15 is 0 Å². The number of halogens is 2. The second kappa shape index (κ2) is 10.7. The van der Waals surface area contributed by atoms with Crippen molar-refractivity contribution in [2.75, 3.05) is 0 Å². The Bertz CT molecular complexity index is 96.9. The first-order valence-corrected chi connectivity index (χ1v) is 9.61. The zero-order valence-corrected chi connectivity index (χ0v) is 11.5. The van der Waals surface area contributed by atoms with Gasteiger partial charge in [-0.25, -0.2) is 0 Å². The van der Waals surface area contributed by atoms with Crippen molar-refractivity contribution in [3.8, 4) is 0 Å². The Hall–Kier alpha value is 0.659. The van der Waals surface area contributed by atoms with Crippen LogP contribution < -0.4 is 0 Å². The summed E-state index contributed by atoms with van der Waals surface area (Å²) in [5, 5.41) is 0. The van der Waals surface area contributed by atoms with Crippen molar-refractivity contribution >= 4 is 20.9 Å². The van der Waals surface area contributed by atoms with Crippen LogP contribution in [0.5, 0.6) is 0 Å². The van der Waals surface area contributed by atoms with E-state index in [9.17, 15) is 5.73 Å². The van der Waals surface area contributed by atoms with Crippen molar-refractivity contribution in [1.82, 2.24) is 0 Å². The third-order valence-electron chi connectivity index (χ3n) is 2.22. The summed E-state index contributed by atoms with van der Waals surface area (Å²) in [7, 11) is 0. The van der Waals surface area contributed by atoms with Gasteiger partial charge >= 0.3 is 89.4 Å². The van der Waals surface area contributed by atoms with Crippen LogP contribution in [0.2, 0.25) is 4.44 Å². The Morgan fingerprint density at radius 2 is 1.23 bits per heavy atom. The first-order valence-electron chi connectivity index (χ1n) is 5.44. The topological polar surface area (TPSA) is 0 Å². The summed E-state index contributed by atoms with van der Waals surface area (Å²) < 4.78 is 24.1. The summed E-state index contributed by atoms with van der Waals surface area (Å²) in [4.78, 5) is 0. The standard InChI is InChI=1S/C10H21.2FH.Sn/c1-3-5-7-9-10-8-6-4-2;;;/h1,3-10H2,2H3;2*1H;/q;;;+2/p-2. The van der Waals surface area contributed by atoms with Gasteiger partial charge in [-0.05, 0) is 0 Å². The van der Waals surface area contributed by atoms with Crippen LogP contribution in [0.1, 0.15) is 58.3 Å². The van der Waals surface area contributed by atoms with Crippen molar-refractivity contribution in [3.05, 3.63) is 0 Å². The fraction of sp³-hybridized carbons (Fsp3) is 1.00. The van der Waals surface area contributed by atoms with E-state index in [0.29, 0.717) is 0 Å². The molecule has 0 aromatic rings. The van der Waals surface area contributed by atoms with Crippen LogP contribution in [-0.4, -0.2) is 20.9 Å². The van der Waals surface area contributed by atoms with Gasteiger partial charge in [0.05, 0.1) is 0 Å². The third kappa shape index (κ3) is 12.7. The van der Waals surface area contributed by atoms with Crippen molar-refractivity contribution in [3.63, 3.8) is 0 Å². The molecule has 13 heavy (non-hydrogen) atoms. The molecule has 0 aromatic heterocycles. The zero-order valence-electron chi connectivity index (χ0n) is 8.62. The SMILES string of the molecule is CCCCCCCCC[CH2][Sn]([F])[F]. The quantitative estimate of drug-likeness (QED) is 0.432. The number of hydrogen-bond donors (Lipinski definition) is 0. The maximum absolute atomic E-state index is 11.9. The third-order valence-corrected chi connectivity index (χ3v) is 4.31.